The van der Waals surface area contributed by atoms with E-state index in [1.165, 1.54) is 6.07 Å². The molecule has 2 aromatic rings. The number of carboxylic acids is 1. The van der Waals surface area contributed by atoms with Crippen molar-refractivity contribution >= 4 is 27.8 Å². The smallest absolute Gasteiger partial charge is 0.335 e. The Bertz CT molecular complexity index is 673. The van der Waals surface area contributed by atoms with E-state index >= 15 is 0 Å². The normalized spacial score (nSPS) is 10.1. The Labute approximate surface area is 130 Å². The van der Waals surface area contributed by atoms with Crippen LogP contribution in [0.1, 0.15) is 26.4 Å². The summed E-state index contributed by atoms with van der Waals surface area (Å²) in [6.07, 6.45) is 0.556. The van der Waals surface area contributed by atoms with E-state index in [-0.39, 0.29) is 11.5 Å². The molecule has 0 saturated carbocycles. The van der Waals surface area contributed by atoms with Crippen molar-refractivity contribution in [2.24, 2.45) is 0 Å². The van der Waals surface area contributed by atoms with E-state index in [1.807, 2.05) is 6.07 Å². The molecule has 0 radical (unpaired) electrons. The predicted molar refractivity (Wildman–Crippen MR) is 81.4 cm³/mol. The van der Waals surface area contributed by atoms with Gasteiger partial charge in [-0.3, -0.25) is 4.79 Å². The lowest BCUT2D eigenvalue weighted by Crippen LogP contribution is -2.26. The topological polar surface area (TPSA) is 79.3 Å². The Morgan fingerprint density at radius 1 is 1.19 bits per heavy atom. The molecule has 6 heteroatoms. The second-order valence-corrected chi connectivity index (χ2v) is 5.17. The molecule has 0 saturated heterocycles. The van der Waals surface area contributed by atoms with Crippen LogP contribution in [-0.2, 0) is 6.42 Å². The number of rotatable bonds is 5. The Morgan fingerprint density at radius 3 is 2.67 bits per heavy atom. The minimum atomic E-state index is -0.959. The van der Waals surface area contributed by atoms with Crippen LogP contribution in [0.5, 0.6) is 0 Å². The minimum Gasteiger partial charge on any atom is -0.478 e. The summed E-state index contributed by atoms with van der Waals surface area (Å²) in [7, 11) is 0. The van der Waals surface area contributed by atoms with E-state index in [4.69, 9.17) is 5.11 Å². The summed E-state index contributed by atoms with van der Waals surface area (Å²) < 4.78 is 0.601. The first-order valence-corrected chi connectivity index (χ1v) is 7.08. The van der Waals surface area contributed by atoms with E-state index < -0.39 is 5.97 Å². The van der Waals surface area contributed by atoms with Crippen LogP contribution in [0.2, 0.25) is 0 Å². The van der Waals surface area contributed by atoms with Gasteiger partial charge >= 0.3 is 5.97 Å². The van der Waals surface area contributed by atoms with Gasteiger partial charge in [0.15, 0.2) is 0 Å². The molecule has 0 unspecified atom stereocenters. The highest BCUT2D eigenvalue weighted by molar-refractivity contribution is 9.10. The van der Waals surface area contributed by atoms with Crippen LogP contribution in [0.25, 0.3) is 0 Å². The average Bonchev–Trinajstić information content (AvgIpc) is 2.47. The molecule has 5 nitrogen and oxygen atoms in total. The number of carbonyl (C=O) groups is 2. The number of hydrogen-bond acceptors (Lipinski definition) is 3. The second kappa shape index (κ2) is 6.99. The predicted octanol–water partition coefficient (Wildman–Crippen LogP) is 2.51. The Balaban J connectivity index is 1.91. The van der Waals surface area contributed by atoms with Gasteiger partial charge in [0.25, 0.3) is 5.91 Å². The number of halogens is 1. The molecule has 2 N–H and O–H groups in total. The van der Waals surface area contributed by atoms with Gasteiger partial charge < -0.3 is 10.4 Å². The summed E-state index contributed by atoms with van der Waals surface area (Å²) in [6, 6.07) is 11.8. The molecular formula is C15H13BrN2O3. The highest BCUT2D eigenvalue weighted by atomic mass is 79.9. The van der Waals surface area contributed by atoms with Crippen molar-refractivity contribution in [2.75, 3.05) is 6.54 Å². The van der Waals surface area contributed by atoms with Gasteiger partial charge in [0, 0.05) is 6.54 Å². The van der Waals surface area contributed by atoms with E-state index in [1.54, 1.807) is 30.3 Å². The third-order valence-corrected chi connectivity index (χ3v) is 3.26. The fourth-order valence-corrected chi connectivity index (χ4v) is 2.15. The molecule has 1 heterocycles. The number of benzene rings is 1. The Morgan fingerprint density at radius 2 is 1.95 bits per heavy atom. The molecule has 1 aromatic carbocycles. The number of amides is 1. The van der Waals surface area contributed by atoms with Crippen molar-refractivity contribution in [1.29, 1.82) is 0 Å². The minimum absolute atomic E-state index is 0.243. The molecule has 21 heavy (non-hydrogen) atoms. The molecule has 1 amide bonds. The van der Waals surface area contributed by atoms with E-state index in [0.717, 1.165) is 5.56 Å². The van der Waals surface area contributed by atoms with Crippen molar-refractivity contribution in [3.8, 4) is 0 Å². The zero-order chi connectivity index (χ0) is 15.2. The lowest BCUT2D eigenvalue weighted by Gasteiger charge is -2.06. The fraction of sp³-hybridized carbons (Fsp3) is 0.133. The quantitative estimate of drug-likeness (QED) is 0.813. The fourth-order valence-electron chi connectivity index (χ4n) is 1.81. The third kappa shape index (κ3) is 4.39. The van der Waals surface area contributed by atoms with Crippen molar-refractivity contribution in [2.45, 2.75) is 6.42 Å². The number of carboxylic acid groups (broad SMARTS) is 1. The van der Waals surface area contributed by atoms with Gasteiger partial charge in [-0.05, 0) is 52.2 Å². The standard InChI is InChI=1S/C15H13BrN2O3/c16-13-6-2-5-12(18-13)14(19)17-8-7-10-3-1-4-11(9-10)15(20)21/h1-6,9H,7-8H2,(H,17,19)(H,20,21). The number of aromatic nitrogens is 1. The lowest BCUT2D eigenvalue weighted by molar-refractivity contribution is 0.0696. The van der Waals surface area contributed by atoms with E-state index in [0.29, 0.717) is 23.3 Å². The Kier molecular flexibility index (Phi) is 5.05. The van der Waals surface area contributed by atoms with Crippen LogP contribution in [0.4, 0.5) is 0 Å². The van der Waals surface area contributed by atoms with Crippen LogP contribution in [-0.4, -0.2) is 28.5 Å². The van der Waals surface area contributed by atoms with Crippen molar-refractivity contribution in [1.82, 2.24) is 10.3 Å². The molecule has 0 spiro atoms. The second-order valence-electron chi connectivity index (χ2n) is 4.36. The van der Waals surface area contributed by atoms with Gasteiger partial charge in [-0.25, -0.2) is 9.78 Å². The summed E-state index contributed by atoms with van der Waals surface area (Å²) in [4.78, 5) is 26.8. The van der Waals surface area contributed by atoms with E-state index in [9.17, 15) is 9.59 Å². The highest BCUT2D eigenvalue weighted by Crippen LogP contribution is 2.07. The van der Waals surface area contributed by atoms with Gasteiger partial charge in [-0.15, -0.1) is 0 Å². The summed E-state index contributed by atoms with van der Waals surface area (Å²) in [5.41, 5.74) is 1.44. The largest absolute Gasteiger partial charge is 0.478 e. The van der Waals surface area contributed by atoms with Crippen LogP contribution in [0.3, 0.4) is 0 Å². The van der Waals surface area contributed by atoms with Gasteiger partial charge in [-0.2, -0.15) is 0 Å². The van der Waals surface area contributed by atoms with Gasteiger partial charge in [0.1, 0.15) is 10.3 Å². The molecule has 108 valence electrons. The highest BCUT2D eigenvalue weighted by Gasteiger charge is 2.07. The molecule has 0 aliphatic rings. The maximum atomic E-state index is 11.9. The SMILES string of the molecule is O=C(O)c1cccc(CCNC(=O)c2cccc(Br)n2)c1. The molecule has 0 aliphatic heterocycles. The monoisotopic (exact) mass is 348 g/mol. The van der Waals surface area contributed by atoms with Crippen molar-refractivity contribution < 1.29 is 14.7 Å². The number of nitrogens with zero attached hydrogens (tertiary/aromatic N) is 1. The first kappa shape index (κ1) is 15.2. The first-order valence-electron chi connectivity index (χ1n) is 6.29. The molecule has 0 fully saturated rings. The summed E-state index contributed by atoms with van der Waals surface area (Å²) in [6.45, 7) is 0.413. The van der Waals surface area contributed by atoms with Crippen molar-refractivity contribution in [3.63, 3.8) is 0 Å². The van der Waals surface area contributed by atoms with Gasteiger partial charge in [-0.1, -0.05) is 18.2 Å². The maximum absolute atomic E-state index is 11.9. The van der Waals surface area contributed by atoms with Crippen LogP contribution >= 0.6 is 15.9 Å². The molecule has 0 atom stereocenters. The number of aromatic carboxylic acids is 1. The molecular weight excluding hydrogens is 336 g/mol. The number of carbonyl (C=O) groups excluding carboxylic acids is 1. The van der Waals surface area contributed by atoms with Crippen LogP contribution in [0, 0.1) is 0 Å². The first-order chi connectivity index (χ1) is 10.1. The van der Waals surface area contributed by atoms with Crippen molar-refractivity contribution in [3.05, 3.63) is 63.9 Å². The van der Waals surface area contributed by atoms with Gasteiger partial charge in [0.05, 0.1) is 5.56 Å². The Hall–Kier alpha value is -2.21. The summed E-state index contributed by atoms with van der Waals surface area (Å²) in [5, 5.41) is 11.7. The number of pyridine rings is 1. The zero-order valence-electron chi connectivity index (χ0n) is 11.0. The van der Waals surface area contributed by atoms with Gasteiger partial charge in [0.2, 0.25) is 0 Å². The number of hydrogen-bond donors (Lipinski definition) is 2. The third-order valence-electron chi connectivity index (χ3n) is 2.82. The molecule has 2 rings (SSSR count). The van der Waals surface area contributed by atoms with Crippen LogP contribution in [0.15, 0.2) is 47.1 Å². The average molecular weight is 349 g/mol. The molecule has 1 aromatic heterocycles. The lowest BCUT2D eigenvalue weighted by atomic mass is 10.1. The molecule has 0 bridgehead atoms. The van der Waals surface area contributed by atoms with Crippen LogP contribution < -0.4 is 5.32 Å². The summed E-state index contributed by atoms with van der Waals surface area (Å²) in [5.74, 6) is -1.22. The zero-order valence-corrected chi connectivity index (χ0v) is 12.6. The maximum Gasteiger partial charge on any atom is 0.335 e. The summed E-state index contributed by atoms with van der Waals surface area (Å²) >= 11 is 3.21. The molecule has 0 aliphatic carbocycles. The number of nitrogens with one attached hydrogen (secondary N) is 1. The van der Waals surface area contributed by atoms with E-state index in [2.05, 4.69) is 26.2 Å².